The predicted molar refractivity (Wildman–Crippen MR) is 91.5 cm³/mol. The van der Waals surface area contributed by atoms with E-state index in [1.54, 1.807) is 0 Å². The summed E-state index contributed by atoms with van der Waals surface area (Å²) in [6.07, 6.45) is 1.72. The second kappa shape index (κ2) is 6.75. The van der Waals surface area contributed by atoms with Gasteiger partial charge < -0.3 is 14.8 Å². The molecular formula is C20H21NO3. The molecule has 2 aromatic carbocycles. The Bertz CT molecular complexity index is 687. The summed E-state index contributed by atoms with van der Waals surface area (Å²) in [5.41, 5.74) is 0.765. The smallest absolute Gasteiger partial charge is 0.166 e. The van der Waals surface area contributed by atoms with Crippen molar-refractivity contribution in [3.05, 3.63) is 60.2 Å². The number of carbonyl (C=O) groups is 1. The van der Waals surface area contributed by atoms with Crippen molar-refractivity contribution in [1.29, 1.82) is 0 Å². The molecule has 2 aromatic rings. The van der Waals surface area contributed by atoms with E-state index < -0.39 is 0 Å². The fourth-order valence-corrected chi connectivity index (χ4v) is 3.60. The number of fused-ring (bicyclic) bond motifs is 2. The number of hydrogen-bond donors (Lipinski definition) is 1. The minimum Gasteiger partial charge on any atom is -0.457 e. The number of ketones is 1. The molecule has 2 atom stereocenters. The first-order chi connectivity index (χ1) is 11.8. The van der Waals surface area contributed by atoms with Crippen molar-refractivity contribution >= 4 is 5.78 Å². The van der Waals surface area contributed by atoms with Crippen LogP contribution in [0.4, 0.5) is 0 Å². The first-order valence-corrected chi connectivity index (χ1v) is 8.49. The summed E-state index contributed by atoms with van der Waals surface area (Å²) >= 11 is 0. The third-order valence-corrected chi connectivity index (χ3v) is 4.74. The van der Waals surface area contributed by atoms with E-state index in [2.05, 4.69) is 5.32 Å². The highest BCUT2D eigenvalue weighted by Gasteiger charge is 2.35. The van der Waals surface area contributed by atoms with Gasteiger partial charge in [-0.3, -0.25) is 4.79 Å². The number of hydrogen-bond acceptors (Lipinski definition) is 4. The summed E-state index contributed by atoms with van der Waals surface area (Å²) in [6, 6.07) is 17.7. The molecule has 2 fully saturated rings. The number of Topliss-reactive ketones (excluding diaryl/α,β-unsaturated/α-hetero) is 1. The number of morpholine rings is 1. The number of piperidine rings is 1. The van der Waals surface area contributed by atoms with Crippen LogP contribution in [0.3, 0.4) is 0 Å². The van der Waals surface area contributed by atoms with Crippen LogP contribution >= 0.6 is 0 Å². The molecule has 4 rings (SSSR count). The molecular weight excluding hydrogens is 302 g/mol. The van der Waals surface area contributed by atoms with E-state index in [4.69, 9.17) is 9.47 Å². The van der Waals surface area contributed by atoms with Crippen LogP contribution in [0.2, 0.25) is 0 Å². The van der Waals surface area contributed by atoms with E-state index in [-0.39, 0.29) is 11.7 Å². The Kier molecular flexibility index (Phi) is 4.32. The highest BCUT2D eigenvalue weighted by molar-refractivity contribution is 5.98. The van der Waals surface area contributed by atoms with Crippen LogP contribution in [0.5, 0.6) is 11.5 Å². The Hall–Kier alpha value is -2.17. The largest absolute Gasteiger partial charge is 0.457 e. The number of nitrogens with one attached hydrogen (secondary N) is 1. The summed E-state index contributed by atoms with van der Waals surface area (Å²) in [6.45, 7) is 1.42. The van der Waals surface area contributed by atoms with E-state index in [9.17, 15) is 4.79 Å². The Balaban J connectivity index is 1.43. The maximum absolute atomic E-state index is 12.8. The van der Waals surface area contributed by atoms with Crippen molar-refractivity contribution in [2.24, 2.45) is 5.92 Å². The maximum atomic E-state index is 12.8. The lowest BCUT2D eigenvalue weighted by molar-refractivity contribution is 0.00953. The minimum absolute atomic E-state index is 0.0889. The summed E-state index contributed by atoms with van der Waals surface area (Å²) < 4.78 is 11.3. The summed E-state index contributed by atoms with van der Waals surface area (Å²) in [7, 11) is 0. The topological polar surface area (TPSA) is 47.6 Å². The van der Waals surface area contributed by atoms with Gasteiger partial charge in [0, 0.05) is 23.6 Å². The lowest BCUT2D eigenvalue weighted by Crippen LogP contribution is -2.55. The summed E-state index contributed by atoms with van der Waals surface area (Å²) in [5, 5.41) is 3.53. The van der Waals surface area contributed by atoms with Crippen molar-refractivity contribution in [1.82, 2.24) is 5.32 Å². The molecule has 0 radical (unpaired) electrons. The minimum atomic E-state index is 0.0889. The van der Waals surface area contributed by atoms with Crippen LogP contribution in [-0.2, 0) is 4.74 Å². The number of rotatable bonds is 4. The van der Waals surface area contributed by atoms with Crippen LogP contribution in [0, 0.1) is 5.92 Å². The van der Waals surface area contributed by atoms with Gasteiger partial charge in [-0.2, -0.15) is 0 Å². The molecule has 4 nitrogen and oxygen atoms in total. The summed E-state index contributed by atoms with van der Waals surface area (Å²) in [5.74, 6) is 1.86. The molecule has 0 aliphatic carbocycles. The van der Waals surface area contributed by atoms with E-state index in [1.165, 1.54) is 0 Å². The van der Waals surface area contributed by atoms with Gasteiger partial charge in [-0.05, 0) is 49.2 Å². The first-order valence-electron chi connectivity index (χ1n) is 8.49. The van der Waals surface area contributed by atoms with Crippen molar-refractivity contribution < 1.29 is 14.3 Å². The van der Waals surface area contributed by atoms with Gasteiger partial charge in [0.2, 0.25) is 0 Å². The number of carbonyl (C=O) groups excluding carboxylic acids is 1. The molecule has 0 spiro atoms. The lowest BCUT2D eigenvalue weighted by atomic mass is 9.82. The molecule has 2 unspecified atom stereocenters. The molecule has 24 heavy (non-hydrogen) atoms. The highest BCUT2D eigenvalue weighted by Crippen LogP contribution is 2.28. The van der Waals surface area contributed by atoms with Crippen LogP contribution in [0.15, 0.2) is 54.6 Å². The SMILES string of the molecule is O=C(c1ccc(Oc2ccccc2)cc1)C1CC2COCC(C1)N2. The van der Waals surface area contributed by atoms with Crippen molar-refractivity contribution in [2.45, 2.75) is 24.9 Å². The molecule has 2 saturated heterocycles. The zero-order chi connectivity index (χ0) is 16.4. The zero-order valence-corrected chi connectivity index (χ0v) is 13.5. The third kappa shape index (κ3) is 3.35. The zero-order valence-electron chi connectivity index (χ0n) is 13.5. The molecule has 1 N–H and O–H groups in total. The average Bonchev–Trinajstić information content (AvgIpc) is 2.62. The Morgan fingerprint density at radius 3 is 2.21 bits per heavy atom. The molecule has 2 aliphatic heterocycles. The van der Waals surface area contributed by atoms with Crippen molar-refractivity contribution in [3.63, 3.8) is 0 Å². The highest BCUT2D eigenvalue weighted by atomic mass is 16.5. The molecule has 2 bridgehead atoms. The fraction of sp³-hybridized carbons (Fsp3) is 0.350. The van der Waals surface area contributed by atoms with Crippen LogP contribution < -0.4 is 10.1 Å². The van der Waals surface area contributed by atoms with Gasteiger partial charge >= 0.3 is 0 Å². The normalized spacial score (nSPS) is 25.9. The van der Waals surface area contributed by atoms with Crippen molar-refractivity contribution in [3.8, 4) is 11.5 Å². The lowest BCUT2D eigenvalue weighted by Gasteiger charge is -2.39. The number of para-hydroxylation sites is 1. The number of ether oxygens (including phenoxy) is 2. The Morgan fingerprint density at radius 2 is 1.54 bits per heavy atom. The van der Waals surface area contributed by atoms with Crippen LogP contribution in [-0.4, -0.2) is 31.1 Å². The van der Waals surface area contributed by atoms with Crippen molar-refractivity contribution in [2.75, 3.05) is 13.2 Å². The fourth-order valence-electron chi connectivity index (χ4n) is 3.60. The molecule has 124 valence electrons. The molecule has 0 aromatic heterocycles. The summed E-state index contributed by atoms with van der Waals surface area (Å²) in [4.78, 5) is 12.8. The third-order valence-electron chi connectivity index (χ3n) is 4.74. The Labute approximate surface area is 141 Å². The van der Waals surface area contributed by atoms with Gasteiger partial charge in [0.25, 0.3) is 0 Å². The van der Waals surface area contributed by atoms with E-state index >= 15 is 0 Å². The van der Waals surface area contributed by atoms with Gasteiger partial charge in [0.05, 0.1) is 13.2 Å². The second-order valence-electron chi connectivity index (χ2n) is 6.57. The van der Waals surface area contributed by atoms with Gasteiger partial charge in [0.15, 0.2) is 5.78 Å². The van der Waals surface area contributed by atoms with Crippen LogP contribution in [0.25, 0.3) is 0 Å². The quantitative estimate of drug-likeness (QED) is 0.876. The van der Waals surface area contributed by atoms with Gasteiger partial charge in [-0.25, -0.2) is 0 Å². The number of benzene rings is 2. The van der Waals surface area contributed by atoms with Crippen LogP contribution in [0.1, 0.15) is 23.2 Å². The predicted octanol–water partition coefficient (Wildman–Crippen LogP) is 3.43. The molecule has 0 saturated carbocycles. The van der Waals surface area contributed by atoms with Gasteiger partial charge in [-0.1, -0.05) is 18.2 Å². The maximum Gasteiger partial charge on any atom is 0.166 e. The molecule has 2 heterocycles. The molecule has 2 aliphatic rings. The second-order valence-corrected chi connectivity index (χ2v) is 6.57. The Morgan fingerprint density at radius 1 is 0.917 bits per heavy atom. The van der Waals surface area contributed by atoms with Gasteiger partial charge in [0.1, 0.15) is 11.5 Å². The van der Waals surface area contributed by atoms with E-state index in [0.29, 0.717) is 25.3 Å². The van der Waals surface area contributed by atoms with E-state index in [0.717, 1.165) is 29.9 Å². The van der Waals surface area contributed by atoms with Gasteiger partial charge in [-0.15, -0.1) is 0 Å². The monoisotopic (exact) mass is 323 g/mol. The average molecular weight is 323 g/mol. The first kappa shape index (κ1) is 15.4. The van der Waals surface area contributed by atoms with E-state index in [1.807, 2.05) is 54.6 Å². The molecule has 0 amide bonds. The standard InChI is InChI=1S/C20H21NO3/c22-20(15-10-16-12-23-13-17(11-15)21-16)14-6-8-19(9-7-14)24-18-4-2-1-3-5-18/h1-9,15-17,21H,10-13H2. The molecule has 4 heteroatoms.